The first kappa shape index (κ1) is 9.97. The number of rotatable bonds is 3. The van der Waals surface area contributed by atoms with Crippen molar-refractivity contribution in [1.82, 2.24) is 0 Å². The molecule has 1 heterocycles. The van der Waals surface area contributed by atoms with Crippen LogP contribution in [0.25, 0.3) is 0 Å². The van der Waals surface area contributed by atoms with Crippen LogP contribution >= 0.6 is 11.6 Å². The minimum absolute atomic E-state index is 0.0765. The molecule has 1 aliphatic rings. The zero-order valence-corrected chi connectivity index (χ0v) is 8.76. The molecule has 0 spiro atoms. The molecule has 0 atom stereocenters. The monoisotopic (exact) mass is 211 g/mol. The van der Waals surface area contributed by atoms with E-state index >= 15 is 0 Å². The summed E-state index contributed by atoms with van der Waals surface area (Å²) in [5, 5.41) is 0.823. The van der Waals surface area contributed by atoms with E-state index in [4.69, 9.17) is 22.1 Å². The van der Waals surface area contributed by atoms with Crippen LogP contribution in [0.1, 0.15) is 12.0 Å². The maximum Gasteiger partial charge on any atom is 0.0586 e. The van der Waals surface area contributed by atoms with Gasteiger partial charge in [0.25, 0.3) is 0 Å². The molecule has 1 aliphatic heterocycles. The molecule has 1 aromatic carbocycles. The van der Waals surface area contributed by atoms with Crippen LogP contribution in [0.2, 0.25) is 5.02 Å². The lowest BCUT2D eigenvalue weighted by molar-refractivity contribution is -0.0630. The molecule has 1 saturated heterocycles. The smallest absolute Gasteiger partial charge is 0.0586 e. The van der Waals surface area contributed by atoms with Gasteiger partial charge < -0.3 is 10.5 Å². The SMILES string of the molecule is NCCC1(c2ccccc2Cl)COC1. The second-order valence-corrected chi connectivity index (χ2v) is 4.20. The van der Waals surface area contributed by atoms with Gasteiger partial charge in [0.1, 0.15) is 0 Å². The maximum absolute atomic E-state index is 6.16. The number of nitrogens with two attached hydrogens (primary N) is 1. The highest BCUT2D eigenvalue weighted by Crippen LogP contribution is 2.38. The fourth-order valence-electron chi connectivity index (χ4n) is 1.95. The Balaban J connectivity index is 2.32. The number of halogens is 1. The van der Waals surface area contributed by atoms with Crippen molar-refractivity contribution in [3.05, 3.63) is 34.9 Å². The standard InChI is InChI=1S/C11H14ClNO/c12-10-4-2-1-3-9(10)11(5-6-13)7-14-8-11/h1-4H,5-8,13H2. The van der Waals surface area contributed by atoms with Crippen LogP contribution in [0.3, 0.4) is 0 Å². The first-order valence-electron chi connectivity index (χ1n) is 4.81. The minimum Gasteiger partial charge on any atom is -0.379 e. The van der Waals surface area contributed by atoms with E-state index in [9.17, 15) is 0 Å². The van der Waals surface area contributed by atoms with E-state index in [1.54, 1.807) is 0 Å². The van der Waals surface area contributed by atoms with Crippen LogP contribution in [0.4, 0.5) is 0 Å². The fraction of sp³-hybridized carbons (Fsp3) is 0.455. The zero-order chi connectivity index (χ0) is 10.0. The molecule has 1 fully saturated rings. The lowest BCUT2D eigenvalue weighted by Gasteiger charge is -2.42. The van der Waals surface area contributed by atoms with Crippen LogP contribution in [0, 0.1) is 0 Å². The summed E-state index contributed by atoms with van der Waals surface area (Å²) >= 11 is 6.16. The average Bonchev–Trinajstić information content (AvgIpc) is 2.13. The van der Waals surface area contributed by atoms with Gasteiger partial charge in [0.2, 0.25) is 0 Å². The van der Waals surface area contributed by atoms with E-state index in [2.05, 4.69) is 6.07 Å². The summed E-state index contributed by atoms with van der Waals surface area (Å²) in [7, 11) is 0. The highest BCUT2D eigenvalue weighted by atomic mass is 35.5. The summed E-state index contributed by atoms with van der Waals surface area (Å²) in [6.07, 6.45) is 0.941. The molecule has 14 heavy (non-hydrogen) atoms. The molecular formula is C11H14ClNO. The Morgan fingerprint density at radius 2 is 2.07 bits per heavy atom. The van der Waals surface area contributed by atoms with Crippen molar-refractivity contribution in [2.24, 2.45) is 5.73 Å². The van der Waals surface area contributed by atoms with Crippen LogP contribution in [-0.2, 0) is 10.2 Å². The van der Waals surface area contributed by atoms with E-state index in [-0.39, 0.29) is 5.41 Å². The molecule has 3 heteroatoms. The topological polar surface area (TPSA) is 35.2 Å². The number of ether oxygens (including phenoxy) is 1. The molecule has 2 rings (SSSR count). The number of hydrogen-bond donors (Lipinski definition) is 1. The highest BCUT2D eigenvalue weighted by Gasteiger charge is 2.40. The second-order valence-electron chi connectivity index (χ2n) is 3.79. The van der Waals surface area contributed by atoms with E-state index < -0.39 is 0 Å². The Bertz CT molecular complexity index is 323. The molecule has 0 aromatic heterocycles. The quantitative estimate of drug-likeness (QED) is 0.830. The maximum atomic E-state index is 6.16. The predicted octanol–water partition coefficient (Wildman–Crippen LogP) is 1.96. The van der Waals surface area contributed by atoms with Crippen LogP contribution in [-0.4, -0.2) is 19.8 Å². The molecule has 2 nitrogen and oxygen atoms in total. The van der Waals surface area contributed by atoms with Gasteiger partial charge in [0, 0.05) is 10.4 Å². The van der Waals surface area contributed by atoms with Crippen molar-refractivity contribution in [2.75, 3.05) is 19.8 Å². The first-order chi connectivity index (χ1) is 6.78. The summed E-state index contributed by atoms with van der Waals surface area (Å²) in [5.41, 5.74) is 6.87. The Morgan fingerprint density at radius 3 is 2.57 bits per heavy atom. The lowest BCUT2D eigenvalue weighted by Crippen LogP contribution is -2.48. The molecule has 0 radical (unpaired) electrons. The van der Waals surface area contributed by atoms with Gasteiger partial charge in [-0.15, -0.1) is 0 Å². The third-order valence-electron chi connectivity index (χ3n) is 2.82. The Morgan fingerprint density at radius 1 is 1.36 bits per heavy atom. The minimum atomic E-state index is 0.0765. The van der Waals surface area contributed by atoms with E-state index in [1.807, 2.05) is 18.2 Å². The second kappa shape index (κ2) is 3.89. The summed E-state index contributed by atoms with van der Waals surface area (Å²) in [5.74, 6) is 0. The lowest BCUT2D eigenvalue weighted by atomic mass is 9.76. The van der Waals surface area contributed by atoms with E-state index in [0.717, 1.165) is 24.7 Å². The van der Waals surface area contributed by atoms with Crippen molar-refractivity contribution in [1.29, 1.82) is 0 Å². The molecule has 0 aliphatic carbocycles. The van der Waals surface area contributed by atoms with Crippen LogP contribution < -0.4 is 5.73 Å². The third kappa shape index (κ3) is 1.54. The van der Waals surface area contributed by atoms with Gasteiger partial charge in [0.05, 0.1) is 13.2 Å². The molecule has 0 unspecified atom stereocenters. The van der Waals surface area contributed by atoms with Gasteiger partial charge >= 0.3 is 0 Å². The summed E-state index contributed by atoms with van der Waals surface area (Å²) in [6.45, 7) is 2.16. The molecular weight excluding hydrogens is 198 g/mol. The van der Waals surface area contributed by atoms with Crippen LogP contribution in [0.15, 0.2) is 24.3 Å². The summed E-state index contributed by atoms with van der Waals surface area (Å²) in [4.78, 5) is 0. The summed E-state index contributed by atoms with van der Waals surface area (Å²) < 4.78 is 5.29. The van der Waals surface area contributed by atoms with Gasteiger partial charge in [0.15, 0.2) is 0 Å². The summed E-state index contributed by atoms with van der Waals surface area (Å²) in [6, 6.07) is 7.95. The Kier molecular flexibility index (Phi) is 2.77. The number of benzene rings is 1. The molecule has 76 valence electrons. The van der Waals surface area contributed by atoms with Crippen molar-refractivity contribution in [2.45, 2.75) is 11.8 Å². The van der Waals surface area contributed by atoms with Crippen molar-refractivity contribution in [3.63, 3.8) is 0 Å². The van der Waals surface area contributed by atoms with E-state index in [0.29, 0.717) is 6.54 Å². The highest BCUT2D eigenvalue weighted by molar-refractivity contribution is 6.31. The molecule has 0 bridgehead atoms. The molecule has 0 amide bonds. The van der Waals surface area contributed by atoms with Gasteiger partial charge in [-0.25, -0.2) is 0 Å². The zero-order valence-electron chi connectivity index (χ0n) is 8.00. The van der Waals surface area contributed by atoms with Gasteiger partial charge in [-0.2, -0.15) is 0 Å². The molecule has 0 saturated carbocycles. The van der Waals surface area contributed by atoms with Crippen molar-refractivity contribution < 1.29 is 4.74 Å². The molecule has 1 aromatic rings. The Hall–Kier alpha value is -0.570. The van der Waals surface area contributed by atoms with Crippen LogP contribution in [0.5, 0.6) is 0 Å². The van der Waals surface area contributed by atoms with Gasteiger partial charge in [-0.3, -0.25) is 0 Å². The van der Waals surface area contributed by atoms with E-state index in [1.165, 1.54) is 5.56 Å². The van der Waals surface area contributed by atoms with Gasteiger partial charge in [-0.05, 0) is 24.6 Å². The largest absolute Gasteiger partial charge is 0.379 e. The fourth-order valence-corrected chi connectivity index (χ4v) is 2.29. The number of hydrogen-bond acceptors (Lipinski definition) is 2. The normalized spacial score (nSPS) is 19.0. The average molecular weight is 212 g/mol. The Labute approximate surface area is 89.0 Å². The third-order valence-corrected chi connectivity index (χ3v) is 3.15. The van der Waals surface area contributed by atoms with Crippen molar-refractivity contribution >= 4 is 11.6 Å². The predicted molar refractivity (Wildman–Crippen MR) is 57.6 cm³/mol. The van der Waals surface area contributed by atoms with Crippen molar-refractivity contribution in [3.8, 4) is 0 Å². The molecule has 2 N–H and O–H groups in total. The first-order valence-corrected chi connectivity index (χ1v) is 5.19. The van der Waals surface area contributed by atoms with Gasteiger partial charge in [-0.1, -0.05) is 29.8 Å².